The first-order valence-electron chi connectivity index (χ1n) is 10.0. The lowest BCUT2D eigenvalue weighted by Gasteiger charge is -2.35. The first kappa shape index (κ1) is 22.2. The number of carbonyl (C=O) groups is 2. The summed E-state index contributed by atoms with van der Waals surface area (Å²) < 4.78 is 36.0. The van der Waals surface area contributed by atoms with Crippen molar-refractivity contribution in [1.82, 2.24) is 9.29 Å². The summed E-state index contributed by atoms with van der Waals surface area (Å²) in [5, 5.41) is -0.719. The Hall–Kier alpha value is -3.04. The topological polar surface area (TPSA) is 83.4 Å². The van der Waals surface area contributed by atoms with Crippen molar-refractivity contribution in [3.63, 3.8) is 0 Å². The van der Waals surface area contributed by atoms with Gasteiger partial charge < -0.3 is 4.42 Å². The fraction of sp³-hybridized carbons (Fsp3) is 0.261. The Morgan fingerprint density at radius 1 is 1.00 bits per heavy atom. The first-order chi connectivity index (χ1) is 15.3. The van der Waals surface area contributed by atoms with Gasteiger partial charge in [0.15, 0.2) is 0 Å². The number of aromatic amines is 1. The lowest BCUT2D eigenvalue weighted by Crippen LogP contribution is -2.45. The van der Waals surface area contributed by atoms with Gasteiger partial charge >= 0.3 is 5.76 Å². The molecule has 0 bridgehead atoms. The van der Waals surface area contributed by atoms with Crippen LogP contribution in [0.15, 0.2) is 57.9 Å². The van der Waals surface area contributed by atoms with Crippen LogP contribution in [0.1, 0.15) is 34.6 Å². The number of rotatable bonds is 6. The molecule has 1 saturated heterocycles. The number of hydrogen-bond acceptors (Lipinski definition) is 6. The Labute approximate surface area is 186 Å². The molecule has 1 aliphatic rings. The van der Waals surface area contributed by atoms with Gasteiger partial charge in [-0.15, -0.1) is 0 Å². The van der Waals surface area contributed by atoms with Crippen molar-refractivity contribution in [2.24, 2.45) is 0 Å². The minimum absolute atomic E-state index is 0.0378. The predicted octanol–water partition coefficient (Wildman–Crippen LogP) is 3.76. The normalized spacial score (nSPS) is 19.5. The SMILES string of the molecule is C[C@H]1C(=O)C(=O)[C@@H](c2ccccc2)SN1Cc1cc(F)c(CCc2c[nH]c(=O)o2)cc1F. The summed E-state index contributed by atoms with van der Waals surface area (Å²) in [7, 11) is 0. The van der Waals surface area contributed by atoms with Crippen molar-refractivity contribution >= 4 is 23.5 Å². The van der Waals surface area contributed by atoms with Gasteiger partial charge in [0.1, 0.15) is 22.6 Å². The van der Waals surface area contributed by atoms with Gasteiger partial charge in [-0.2, -0.15) is 0 Å². The number of oxazole rings is 1. The van der Waals surface area contributed by atoms with Crippen LogP contribution in [0, 0.1) is 11.6 Å². The number of carbonyl (C=O) groups excluding carboxylic acids is 2. The second-order valence-corrected chi connectivity index (χ2v) is 8.71. The third-order valence-electron chi connectivity index (χ3n) is 5.39. The summed E-state index contributed by atoms with van der Waals surface area (Å²) in [5.41, 5.74) is 0.932. The second kappa shape index (κ2) is 9.22. The van der Waals surface area contributed by atoms with Crippen LogP contribution in [0.4, 0.5) is 8.78 Å². The summed E-state index contributed by atoms with van der Waals surface area (Å²) in [4.78, 5) is 38.5. The van der Waals surface area contributed by atoms with E-state index in [4.69, 9.17) is 4.42 Å². The average molecular weight is 458 g/mol. The third-order valence-corrected chi connectivity index (χ3v) is 6.81. The van der Waals surface area contributed by atoms with E-state index in [0.717, 1.165) is 24.1 Å². The summed E-state index contributed by atoms with van der Waals surface area (Å²) in [5.74, 6) is -2.49. The molecule has 166 valence electrons. The highest BCUT2D eigenvalue weighted by Crippen LogP contribution is 2.40. The van der Waals surface area contributed by atoms with Crippen LogP contribution in [-0.4, -0.2) is 26.9 Å². The molecule has 2 atom stereocenters. The number of nitrogens with one attached hydrogen (secondary N) is 1. The highest BCUT2D eigenvalue weighted by atomic mass is 32.2. The fourth-order valence-corrected chi connectivity index (χ4v) is 4.82. The fourth-order valence-electron chi connectivity index (χ4n) is 3.56. The monoisotopic (exact) mass is 458 g/mol. The van der Waals surface area contributed by atoms with Crippen LogP contribution in [0.25, 0.3) is 0 Å². The zero-order chi connectivity index (χ0) is 22.8. The van der Waals surface area contributed by atoms with Crippen molar-refractivity contribution in [1.29, 1.82) is 0 Å². The van der Waals surface area contributed by atoms with Crippen molar-refractivity contribution in [2.75, 3.05) is 0 Å². The molecule has 1 N–H and O–H groups in total. The number of ketones is 2. The van der Waals surface area contributed by atoms with E-state index < -0.39 is 40.2 Å². The standard InChI is InChI=1S/C23H20F2N2O4S/c1-13-20(28)21(29)22(14-5-3-2-4-6-14)32-27(13)12-16-10-18(24)15(9-19(16)25)7-8-17-11-26-23(30)31-17/h2-6,9-11,13,22H,7-8,12H2,1H3,(H,26,30)/t13-,22+/m0/s1. The molecule has 2 heterocycles. The lowest BCUT2D eigenvalue weighted by molar-refractivity contribution is -0.139. The molecule has 0 unspecified atom stereocenters. The van der Waals surface area contributed by atoms with Crippen LogP contribution in [0.3, 0.4) is 0 Å². The summed E-state index contributed by atoms with van der Waals surface area (Å²) in [6, 6.07) is 10.4. The molecule has 32 heavy (non-hydrogen) atoms. The lowest BCUT2D eigenvalue weighted by atomic mass is 10.0. The van der Waals surface area contributed by atoms with E-state index in [9.17, 15) is 23.2 Å². The molecule has 1 fully saturated rings. The van der Waals surface area contributed by atoms with Gasteiger partial charge in [0, 0.05) is 24.7 Å². The van der Waals surface area contributed by atoms with Gasteiger partial charge in [0.05, 0.1) is 6.04 Å². The number of H-pyrrole nitrogens is 1. The smallest absolute Gasteiger partial charge is 0.413 e. The van der Waals surface area contributed by atoms with E-state index >= 15 is 0 Å². The highest BCUT2D eigenvalue weighted by molar-refractivity contribution is 7.98. The van der Waals surface area contributed by atoms with Crippen molar-refractivity contribution in [2.45, 2.75) is 37.6 Å². The first-order valence-corrected chi connectivity index (χ1v) is 10.9. The summed E-state index contributed by atoms with van der Waals surface area (Å²) in [6.07, 6.45) is 1.78. The molecule has 9 heteroatoms. The van der Waals surface area contributed by atoms with E-state index in [1.807, 2.05) is 6.07 Å². The largest absolute Gasteiger partial charge is 0.416 e. The molecule has 3 aromatic rings. The highest BCUT2D eigenvalue weighted by Gasteiger charge is 2.41. The summed E-state index contributed by atoms with van der Waals surface area (Å²) in [6.45, 7) is 1.55. The van der Waals surface area contributed by atoms with Gasteiger partial charge in [0.25, 0.3) is 0 Å². The summed E-state index contributed by atoms with van der Waals surface area (Å²) >= 11 is 1.16. The molecule has 0 amide bonds. The zero-order valence-corrected chi connectivity index (χ0v) is 18.0. The number of benzene rings is 2. The maximum atomic E-state index is 14.8. The molecule has 0 radical (unpaired) electrons. The molecule has 1 aromatic heterocycles. The van der Waals surface area contributed by atoms with E-state index in [1.54, 1.807) is 35.5 Å². The van der Waals surface area contributed by atoms with Gasteiger partial charge in [0.2, 0.25) is 11.6 Å². The van der Waals surface area contributed by atoms with E-state index in [2.05, 4.69) is 4.98 Å². The van der Waals surface area contributed by atoms with Crippen molar-refractivity contribution in [3.05, 3.63) is 93.3 Å². The number of nitrogens with zero attached hydrogens (tertiary/aromatic N) is 1. The Morgan fingerprint density at radius 3 is 2.38 bits per heavy atom. The van der Waals surface area contributed by atoms with Crippen LogP contribution >= 0.6 is 11.9 Å². The van der Waals surface area contributed by atoms with Crippen LogP contribution in [0.5, 0.6) is 0 Å². The van der Waals surface area contributed by atoms with Crippen molar-refractivity contribution < 1.29 is 22.8 Å². The Morgan fingerprint density at radius 2 is 1.69 bits per heavy atom. The molecule has 0 spiro atoms. The number of Topliss-reactive ketones (excluding diaryl/α,β-unsaturated/α-hetero) is 2. The van der Waals surface area contributed by atoms with E-state index in [-0.39, 0.29) is 30.5 Å². The van der Waals surface area contributed by atoms with Gasteiger partial charge in [-0.1, -0.05) is 42.3 Å². The maximum Gasteiger partial charge on any atom is 0.416 e. The molecule has 4 rings (SSSR count). The minimum atomic E-state index is -0.758. The molecule has 0 aliphatic carbocycles. The van der Waals surface area contributed by atoms with Crippen LogP contribution in [0.2, 0.25) is 0 Å². The quantitative estimate of drug-likeness (QED) is 0.447. The Kier molecular flexibility index (Phi) is 6.38. The number of halogens is 2. The molecule has 6 nitrogen and oxygen atoms in total. The zero-order valence-electron chi connectivity index (χ0n) is 17.1. The van der Waals surface area contributed by atoms with Gasteiger partial charge in [-0.05, 0) is 36.6 Å². The molecule has 2 aromatic carbocycles. The van der Waals surface area contributed by atoms with Gasteiger partial charge in [-0.25, -0.2) is 17.9 Å². The van der Waals surface area contributed by atoms with Crippen LogP contribution < -0.4 is 5.76 Å². The Balaban J connectivity index is 1.52. The van der Waals surface area contributed by atoms with E-state index in [1.165, 1.54) is 6.20 Å². The average Bonchev–Trinajstić information content (AvgIpc) is 3.21. The predicted molar refractivity (Wildman–Crippen MR) is 115 cm³/mol. The maximum absolute atomic E-state index is 14.8. The third kappa shape index (κ3) is 4.58. The molecule has 0 saturated carbocycles. The molecule has 1 aliphatic heterocycles. The minimum Gasteiger partial charge on any atom is -0.413 e. The second-order valence-electron chi connectivity index (χ2n) is 7.56. The van der Waals surface area contributed by atoms with Crippen molar-refractivity contribution in [3.8, 4) is 0 Å². The Bertz CT molecular complexity index is 1210. The number of hydrogen-bond donors (Lipinski definition) is 1. The van der Waals surface area contributed by atoms with Crippen LogP contribution in [-0.2, 0) is 29.0 Å². The number of aryl methyl sites for hydroxylation is 2. The van der Waals surface area contributed by atoms with Gasteiger partial charge in [-0.3, -0.25) is 14.6 Å². The number of aromatic nitrogens is 1. The molecular formula is C23H20F2N2O4S. The van der Waals surface area contributed by atoms with E-state index in [0.29, 0.717) is 11.3 Å². The molecular weight excluding hydrogens is 438 g/mol.